The average Bonchev–Trinajstić information content (AvgIpc) is 3.13. The fourth-order valence-electron chi connectivity index (χ4n) is 1.92. The number of hydrogen-bond acceptors (Lipinski definition) is 4. The minimum Gasteiger partial charge on any atom is -0.363 e. The quantitative estimate of drug-likeness (QED) is 0.513. The fourth-order valence-corrected chi connectivity index (χ4v) is 3.01. The van der Waals surface area contributed by atoms with Gasteiger partial charge in [0.2, 0.25) is 10.0 Å². The monoisotopic (exact) mass is 311 g/mol. The van der Waals surface area contributed by atoms with Crippen molar-refractivity contribution < 1.29 is 8.42 Å². The van der Waals surface area contributed by atoms with E-state index >= 15 is 0 Å². The molecule has 2 rings (SSSR count). The predicted octanol–water partition coefficient (Wildman–Crippen LogP) is 0.758. The largest absolute Gasteiger partial charge is 0.363 e. The van der Waals surface area contributed by atoms with Gasteiger partial charge < -0.3 is 15.3 Å². The molecule has 2 aromatic heterocycles. The Morgan fingerprint density at radius 3 is 2.90 bits per heavy atom. The topological polar surface area (TPSA) is 103 Å². The van der Waals surface area contributed by atoms with Crippen molar-refractivity contribution in [2.75, 3.05) is 13.1 Å². The zero-order chi connectivity index (χ0) is 15.1. The van der Waals surface area contributed by atoms with Crippen LogP contribution in [0.4, 0.5) is 0 Å². The SMILES string of the molecule is CCNCc1cc(S(=O)(=O)NCCCc2ncc[nH]2)c[nH]1. The number of hydrogen-bond donors (Lipinski definition) is 4. The summed E-state index contributed by atoms with van der Waals surface area (Å²) in [5.41, 5.74) is 0.854. The van der Waals surface area contributed by atoms with Crippen LogP contribution in [0.1, 0.15) is 24.9 Å². The number of nitrogens with one attached hydrogen (secondary N) is 4. The van der Waals surface area contributed by atoms with Gasteiger partial charge in [-0.1, -0.05) is 6.92 Å². The predicted molar refractivity (Wildman–Crippen MR) is 80.3 cm³/mol. The number of rotatable bonds is 9. The number of aryl methyl sites for hydroxylation is 1. The van der Waals surface area contributed by atoms with Gasteiger partial charge in [0.15, 0.2) is 0 Å². The average molecular weight is 311 g/mol. The van der Waals surface area contributed by atoms with E-state index in [4.69, 9.17) is 0 Å². The van der Waals surface area contributed by atoms with E-state index in [0.717, 1.165) is 18.1 Å². The number of H-pyrrole nitrogens is 2. The van der Waals surface area contributed by atoms with Gasteiger partial charge in [-0.3, -0.25) is 0 Å². The molecule has 2 aromatic rings. The van der Waals surface area contributed by atoms with Gasteiger partial charge in [0.25, 0.3) is 0 Å². The zero-order valence-corrected chi connectivity index (χ0v) is 12.8. The van der Waals surface area contributed by atoms with Gasteiger partial charge in [-0.05, 0) is 19.0 Å². The molecule has 21 heavy (non-hydrogen) atoms. The normalized spacial score (nSPS) is 11.9. The van der Waals surface area contributed by atoms with E-state index in [0.29, 0.717) is 25.9 Å². The maximum Gasteiger partial charge on any atom is 0.242 e. The van der Waals surface area contributed by atoms with Crippen LogP contribution in [-0.4, -0.2) is 36.5 Å². The van der Waals surface area contributed by atoms with Crippen molar-refractivity contribution in [1.82, 2.24) is 25.0 Å². The molecule has 0 bridgehead atoms. The smallest absolute Gasteiger partial charge is 0.242 e. The van der Waals surface area contributed by atoms with E-state index in [-0.39, 0.29) is 4.90 Å². The first-order valence-electron chi connectivity index (χ1n) is 6.97. The summed E-state index contributed by atoms with van der Waals surface area (Å²) in [6, 6.07) is 1.65. The van der Waals surface area contributed by atoms with Crippen LogP contribution in [0.5, 0.6) is 0 Å². The summed E-state index contributed by atoms with van der Waals surface area (Å²) >= 11 is 0. The van der Waals surface area contributed by atoms with Crippen LogP contribution in [0.3, 0.4) is 0 Å². The van der Waals surface area contributed by atoms with Gasteiger partial charge in [-0.2, -0.15) is 0 Å². The van der Waals surface area contributed by atoms with Crippen LogP contribution >= 0.6 is 0 Å². The number of aromatic amines is 2. The van der Waals surface area contributed by atoms with E-state index < -0.39 is 10.0 Å². The van der Waals surface area contributed by atoms with Crippen LogP contribution in [0.25, 0.3) is 0 Å². The van der Waals surface area contributed by atoms with Crippen LogP contribution in [-0.2, 0) is 23.0 Å². The molecular formula is C13H21N5O2S. The molecule has 0 radical (unpaired) electrons. The Hall–Kier alpha value is -1.64. The molecule has 2 heterocycles. The second-order valence-corrected chi connectivity index (χ2v) is 6.45. The molecule has 116 valence electrons. The molecule has 0 aromatic carbocycles. The van der Waals surface area contributed by atoms with Crippen molar-refractivity contribution in [1.29, 1.82) is 0 Å². The minimum absolute atomic E-state index is 0.272. The second kappa shape index (κ2) is 7.39. The lowest BCUT2D eigenvalue weighted by molar-refractivity contribution is 0.578. The summed E-state index contributed by atoms with van der Waals surface area (Å²) in [7, 11) is -3.45. The van der Waals surface area contributed by atoms with E-state index in [9.17, 15) is 8.42 Å². The molecule has 0 aliphatic rings. The zero-order valence-electron chi connectivity index (χ0n) is 12.0. The van der Waals surface area contributed by atoms with Gasteiger partial charge in [0.1, 0.15) is 5.82 Å². The summed E-state index contributed by atoms with van der Waals surface area (Å²) in [6.07, 6.45) is 6.37. The van der Waals surface area contributed by atoms with Gasteiger partial charge >= 0.3 is 0 Å². The van der Waals surface area contributed by atoms with Gasteiger partial charge in [-0.25, -0.2) is 18.1 Å². The molecule has 4 N–H and O–H groups in total. The second-order valence-electron chi connectivity index (χ2n) is 4.68. The number of sulfonamides is 1. The molecule has 8 heteroatoms. The summed E-state index contributed by atoms with van der Waals surface area (Å²) in [6.45, 7) is 3.86. The summed E-state index contributed by atoms with van der Waals surface area (Å²) in [4.78, 5) is 10.3. The van der Waals surface area contributed by atoms with Gasteiger partial charge in [-0.15, -0.1) is 0 Å². The first kappa shape index (κ1) is 15.7. The molecular weight excluding hydrogens is 290 g/mol. The first-order valence-corrected chi connectivity index (χ1v) is 8.46. The van der Waals surface area contributed by atoms with Crippen molar-refractivity contribution in [3.8, 4) is 0 Å². The first-order chi connectivity index (χ1) is 10.1. The van der Waals surface area contributed by atoms with E-state index in [1.165, 1.54) is 6.20 Å². The number of nitrogens with zero attached hydrogens (tertiary/aromatic N) is 1. The van der Waals surface area contributed by atoms with Crippen LogP contribution in [0.15, 0.2) is 29.6 Å². The standard InChI is InChI=1S/C13H21N5O2S/c1-2-14-9-11-8-12(10-17-11)21(19,20)18-5-3-4-13-15-6-7-16-13/h6-8,10,14,17-18H,2-5,9H2,1H3,(H,15,16). The van der Waals surface area contributed by atoms with E-state index in [1.54, 1.807) is 18.5 Å². The molecule has 0 saturated heterocycles. The molecule has 0 unspecified atom stereocenters. The summed E-state index contributed by atoms with van der Waals surface area (Å²) < 4.78 is 26.8. The molecule has 0 spiro atoms. The van der Waals surface area contributed by atoms with E-state index in [1.807, 2.05) is 6.92 Å². The third-order valence-electron chi connectivity index (χ3n) is 3.03. The summed E-state index contributed by atoms with van der Waals surface area (Å²) in [5, 5.41) is 3.14. The highest BCUT2D eigenvalue weighted by atomic mass is 32.2. The maximum absolute atomic E-state index is 12.1. The molecule has 7 nitrogen and oxygen atoms in total. The van der Waals surface area contributed by atoms with Crippen LogP contribution < -0.4 is 10.0 Å². The molecule has 0 saturated carbocycles. The minimum atomic E-state index is -3.45. The highest BCUT2D eigenvalue weighted by Crippen LogP contribution is 2.10. The Morgan fingerprint density at radius 2 is 2.19 bits per heavy atom. The molecule has 0 aliphatic heterocycles. The molecule has 0 atom stereocenters. The molecule has 0 aliphatic carbocycles. The Balaban J connectivity index is 1.82. The Morgan fingerprint density at radius 1 is 1.33 bits per heavy atom. The summed E-state index contributed by atoms with van der Waals surface area (Å²) in [5.74, 6) is 0.865. The lowest BCUT2D eigenvalue weighted by atomic mass is 10.3. The third kappa shape index (κ3) is 4.69. The van der Waals surface area contributed by atoms with Gasteiger partial charge in [0, 0.05) is 43.8 Å². The number of aromatic nitrogens is 3. The number of imidazole rings is 1. The van der Waals surface area contributed by atoms with Crippen molar-refractivity contribution in [2.24, 2.45) is 0 Å². The molecule has 0 fully saturated rings. The van der Waals surface area contributed by atoms with Crippen molar-refractivity contribution in [3.05, 3.63) is 36.2 Å². The van der Waals surface area contributed by atoms with Gasteiger partial charge in [0.05, 0.1) is 4.90 Å². The highest BCUT2D eigenvalue weighted by molar-refractivity contribution is 7.89. The third-order valence-corrected chi connectivity index (χ3v) is 4.47. The highest BCUT2D eigenvalue weighted by Gasteiger charge is 2.15. The Kier molecular flexibility index (Phi) is 5.54. The lowest BCUT2D eigenvalue weighted by Gasteiger charge is -2.04. The fraction of sp³-hybridized carbons (Fsp3) is 0.462. The van der Waals surface area contributed by atoms with Crippen molar-refractivity contribution in [3.63, 3.8) is 0 Å². The maximum atomic E-state index is 12.1. The lowest BCUT2D eigenvalue weighted by Crippen LogP contribution is -2.24. The van der Waals surface area contributed by atoms with E-state index in [2.05, 4.69) is 25.0 Å². The van der Waals surface area contributed by atoms with Crippen LogP contribution in [0.2, 0.25) is 0 Å². The molecule has 0 amide bonds. The Labute approximate surface area is 124 Å². The van der Waals surface area contributed by atoms with Crippen LogP contribution in [0, 0.1) is 0 Å². The van der Waals surface area contributed by atoms with Crippen molar-refractivity contribution in [2.45, 2.75) is 31.2 Å². The Bertz CT molecular complexity index is 633. The van der Waals surface area contributed by atoms with Crippen molar-refractivity contribution >= 4 is 10.0 Å².